The number of fused-ring (bicyclic) bond motifs is 1. The molecule has 0 aliphatic carbocycles. The molecule has 0 amide bonds. The molecule has 0 unspecified atom stereocenters. The second-order valence-electron chi connectivity index (χ2n) is 2.76. The van der Waals surface area contributed by atoms with E-state index in [9.17, 15) is 8.78 Å². The normalized spacial score (nSPS) is 11.5. The zero-order chi connectivity index (χ0) is 10.3. The van der Waals surface area contributed by atoms with Gasteiger partial charge in [0, 0.05) is 14.7 Å². The molecule has 1 aromatic heterocycles. The third-order valence-corrected chi connectivity index (χ3v) is 3.98. The molecule has 2 aromatic rings. The number of thiophene rings is 1. The lowest BCUT2D eigenvalue weighted by molar-refractivity contribution is 0.153. The maximum absolute atomic E-state index is 12.7. The highest BCUT2D eigenvalue weighted by atomic mass is 79.9. The number of hydrogen-bond acceptors (Lipinski definition) is 1. The van der Waals surface area contributed by atoms with Crippen LogP contribution in [0.5, 0.6) is 0 Å². The van der Waals surface area contributed by atoms with Crippen LogP contribution in [0.3, 0.4) is 0 Å². The van der Waals surface area contributed by atoms with Crippen LogP contribution in [0.1, 0.15) is 12.0 Å². The zero-order valence-corrected chi connectivity index (χ0v) is 10.7. The fourth-order valence-electron chi connectivity index (χ4n) is 1.27. The summed E-state index contributed by atoms with van der Waals surface area (Å²) >= 11 is 7.84. The minimum atomic E-state index is -2.43. The van der Waals surface area contributed by atoms with Gasteiger partial charge >= 0.3 is 0 Å². The molecule has 0 nitrogen and oxygen atoms in total. The fraction of sp³-hybridized carbons (Fsp3) is 0.111. The van der Waals surface area contributed by atoms with E-state index in [0.29, 0.717) is 9.17 Å². The standard InChI is InChI=1S/C9H4Br2F2S/c10-5-1-4-2-7(11)14-8(4)6(3-5)9(12)13/h1-3,9H. The van der Waals surface area contributed by atoms with E-state index < -0.39 is 6.43 Å². The van der Waals surface area contributed by atoms with Crippen molar-refractivity contribution in [1.29, 1.82) is 0 Å². The number of rotatable bonds is 1. The zero-order valence-electron chi connectivity index (χ0n) is 6.73. The van der Waals surface area contributed by atoms with Gasteiger partial charge in [-0.1, -0.05) is 15.9 Å². The molecule has 0 bridgehead atoms. The first kappa shape index (κ1) is 10.5. The molecule has 74 valence electrons. The molecule has 14 heavy (non-hydrogen) atoms. The Morgan fingerprint density at radius 2 is 1.86 bits per heavy atom. The summed E-state index contributed by atoms with van der Waals surface area (Å²) in [6, 6.07) is 5.15. The van der Waals surface area contributed by atoms with Gasteiger partial charge in [-0.2, -0.15) is 0 Å². The third-order valence-electron chi connectivity index (χ3n) is 1.81. The Labute approximate surface area is 100 Å². The van der Waals surface area contributed by atoms with Crippen LogP contribution >= 0.6 is 43.2 Å². The van der Waals surface area contributed by atoms with E-state index in [0.717, 1.165) is 9.17 Å². The first-order valence-corrected chi connectivity index (χ1v) is 6.15. The van der Waals surface area contributed by atoms with E-state index in [2.05, 4.69) is 31.9 Å². The number of alkyl halides is 2. The maximum atomic E-state index is 12.7. The van der Waals surface area contributed by atoms with E-state index in [1.165, 1.54) is 17.4 Å². The second kappa shape index (κ2) is 3.87. The summed E-state index contributed by atoms with van der Waals surface area (Å²) in [5.41, 5.74) is 0.0880. The molecule has 0 aliphatic heterocycles. The molecule has 0 atom stereocenters. The lowest BCUT2D eigenvalue weighted by Crippen LogP contribution is -1.83. The summed E-state index contributed by atoms with van der Waals surface area (Å²) in [6.07, 6.45) is -2.43. The Morgan fingerprint density at radius 1 is 1.14 bits per heavy atom. The summed E-state index contributed by atoms with van der Waals surface area (Å²) in [5.74, 6) is 0. The van der Waals surface area contributed by atoms with Crippen molar-refractivity contribution in [2.75, 3.05) is 0 Å². The minimum Gasteiger partial charge on any atom is -0.205 e. The largest absolute Gasteiger partial charge is 0.265 e. The molecule has 0 saturated heterocycles. The second-order valence-corrected chi connectivity index (χ2v) is 6.11. The average molecular weight is 342 g/mol. The van der Waals surface area contributed by atoms with Crippen LogP contribution in [-0.4, -0.2) is 0 Å². The summed E-state index contributed by atoms with van der Waals surface area (Å²) < 4.78 is 27.5. The van der Waals surface area contributed by atoms with Crippen LogP contribution in [0.2, 0.25) is 0 Å². The van der Waals surface area contributed by atoms with Gasteiger partial charge in [0.25, 0.3) is 6.43 Å². The molecule has 0 aliphatic rings. The first-order chi connectivity index (χ1) is 6.58. The van der Waals surface area contributed by atoms with Crippen molar-refractivity contribution < 1.29 is 8.78 Å². The van der Waals surface area contributed by atoms with Gasteiger partial charge in [-0.15, -0.1) is 11.3 Å². The first-order valence-electron chi connectivity index (χ1n) is 3.74. The predicted molar refractivity (Wildman–Crippen MR) is 62.2 cm³/mol. The van der Waals surface area contributed by atoms with Crippen LogP contribution in [0.25, 0.3) is 10.1 Å². The van der Waals surface area contributed by atoms with Crippen molar-refractivity contribution in [2.45, 2.75) is 6.43 Å². The molecule has 0 saturated carbocycles. The maximum Gasteiger partial charge on any atom is 0.265 e. The van der Waals surface area contributed by atoms with E-state index >= 15 is 0 Å². The summed E-state index contributed by atoms with van der Waals surface area (Å²) in [4.78, 5) is 0. The van der Waals surface area contributed by atoms with E-state index in [1.807, 2.05) is 12.1 Å². The Kier molecular flexibility index (Phi) is 2.91. The van der Waals surface area contributed by atoms with E-state index in [-0.39, 0.29) is 5.56 Å². The number of halogens is 4. The average Bonchev–Trinajstić information content (AvgIpc) is 2.42. The van der Waals surface area contributed by atoms with Crippen LogP contribution in [0.15, 0.2) is 26.5 Å². The summed E-state index contributed by atoms with van der Waals surface area (Å²) in [5, 5.41) is 0.839. The highest BCUT2D eigenvalue weighted by molar-refractivity contribution is 9.11. The van der Waals surface area contributed by atoms with Crippen LogP contribution in [-0.2, 0) is 0 Å². The minimum absolute atomic E-state index is 0.0880. The monoisotopic (exact) mass is 340 g/mol. The lowest BCUT2D eigenvalue weighted by atomic mass is 10.2. The number of hydrogen-bond donors (Lipinski definition) is 0. The Hall–Kier alpha value is -0.0000000000000000833. The SMILES string of the molecule is FC(F)c1cc(Br)cc2cc(Br)sc12. The van der Waals surface area contributed by atoms with Gasteiger partial charge in [0.15, 0.2) is 0 Å². The topological polar surface area (TPSA) is 0 Å². The van der Waals surface area contributed by atoms with Gasteiger partial charge in [-0.3, -0.25) is 0 Å². The van der Waals surface area contributed by atoms with E-state index in [4.69, 9.17) is 0 Å². The highest BCUT2D eigenvalue weighted by Gasteiger charge is 2.14. The third kappa shape index (κ3) is 1.85. The molecule has 0 fully saturated rings. The number of benzene rings is 1. The van der Waals surface area contributed by atoms with Crippen molar-refractivity contribution in [3.63, 3.8) is 0 Å². The van der Waals surface area contributed by atoms with Gasteiger partial charge < -0.3 is 0 Å². The Balaban J connectivity index is 2.79. The van der Waals surface area contributed by atoms with Crippen molar-refractivity contribution >= 4 is 53.3 Å². The van der Waals surface area contributed by atoms with Gasteiger partial charge in [0.1, 0.15) is 0 Å². The summed E-state index contributed by atoms with van der Waals surface area (Å²) in [6.45, 7) is 0. The van der Waals surface area contributed by atoms with Crippen molar-refractivity contribution in [3.8, 4) is 0 Å². The summed E-state index contributed by atoms with van der Waals surface area (Å²) in [7, 11) is 0. The predicted octanol–water partition coefficient (Wildman–Crippen LogP) is 5.36. The molecule has 5 heteroatoms. The van der Waals surface area contributed by atoms with Gasteiger partial charge in [-0.05, 0) is 39.5 Å². The molecule has 0 N–H and O–H groups in total. The Morgan fingerprint density at radius 3 is 2.50 bits per heavy atom. The molecule has 1 aromatic carbocycles. The highest BCUT2D eigenvalue weighted by Crippen LogP contribution is 2.38. The van der Waals surface area contributed by atoms with E-state index in [1.54, 1.807) is 0 Å². The van der Waals surface area contributed by atoms with Crippen molar-refractivity contribution in [1.82, 2.24) is 0 Å². The smallest absolute Gasteiger partial charge is 0.205 e. The van der Waals surface area contributed by atoms with Gasteiger partial charge in [0.05, 0.1) is 3.79 Å². The molecular formula is C9H4Br2F2S. The molecule has 1 heterocycles. The fourth-order valence-corrected chi connectivity index (χ4v) is 3.38. The molecule has 0 radical (unpaired) electrons. The lowest BCUT2D eigenvalue weighted by Gasteiger charge is -2.01. The molecule has 2 rings (SSSR count). The molecular weight excluding hydrogens is 338 g/mol. The van der Waals surface area contributed by atoms with Crippen LogP contribution < -0.4 is 0 Å². The Bertz CT molecular complexity index is 479. The van der Waals surface area contributed by atoms with Crippen molar-refractivity contribution in [3.05, 3.63) is 32.0 Å². The van der Waals surface area contributed by atoms with Crippen molar-refractivity contribution in [2.24, 2.45) is 0 Å². The quantitative estimate of drug-likeness (QED) is 0.654. The van der Waals surface area contributed by atoms with Crippen LogP contribution in [0.4, 0.5) is 8.78 Å². The van der Waals surface area contributed by atoms with Crippen LogP contribution in [0, 0.1) is 0 Å². The van der Waals surface area contributed by atoms with Gasteiger partial charge in [-0.25, -0.2) is 8.78 Å². The van der Waals surface area contributed by atoms with Gasteiger partial charge in [0.2, 0.25) is 0 Å². The molecule has 0 spiro atoms.